The molecule has 0 radical (unpaired) electrons. The van der Waals surface area contributed by atoms with Gasteiger partial charge in [0.15, 0.2) is 5.76 Å². The molecule has 0 aliphatic carbocycles. The molecule has 5 rings (SSSR count). The van der Waals surface area contributed by atoms with Crippen molar-refractivity contribution in [2.24, 2.45) is 7.05 Å². The topological polar surface area (TPSA) is 86.1 Å². The van der Waals surface area contributed by atoms with Crippen molar-refractivity contribution in [3.05, 3.63) is 66.2 Å². The molecular formula is C21H16N4O3. The number of hydrogen-bond acceptors (Lipinski definition) is 5. The van der Waals surface area contributed by atoms with Gasteiger partial charge in [-0.2, -0.15) is 0 Å². The molecule has 0 atom stereocenters. The zero-order valence-electron chi connectivity index (χ0n) is 15.3. The van der Waals surface area contributed by atoms with Gasteiger partial charge in [-0.3, -0.25) is 4.79 Å². The van der Waals surface area contributed by atoms with Crippen molar-refractivity contribution in [2.45, 2.75) is 6.92 Å². The molecule has 4 aromatic heterocycles. The van der Waals surface area contributed by atoms with Crippen molar-refractivity contribution >= 4 is 33.6 Å². The lowest BCUT2D eigenvalue weighted by Crippen LogP contribution is -2.13. The van der Waals surface area contributed by atoms with E-state index in [1.54, 1.807) is 31.4 Å². The van der Waals surface area contributed by atoms with Crippen molar-refractivity contribution in [3.63, 3.8) is 0 Å². The molecule has 0 spiro atoms. The minimum Gasteiger partial charge on any atom is -0.463 e. The zero-order valence-corrected chi connectivity index (χ0v) is 15.3. The molecule has 28 heavy (non-hydrogen) atoms. The second kappa shape index (κ2) is 6.09. The molecule has 4 heterocycles. The van der Waals surface area contributed by atoms with Crippen molar-refractivity contribution in [1.82, 2.24) is 14.7 Å². The van der Waals surface area contributed by atoms with Crippen LogP contribution in [0, 0.1) is 6.92 Å². The number of benzene rings is 1. The number of carbonyl (C=O) groups excluding carboxylic acids is 1. The van der Waals surface area contributed by atoms with Gasteiger partial charge in [0, 0.05) is 24.1 Å². The van der Waals surface area contributed by atoms with Gasteiger partial charge in [-0.1, -0.05) is 11.2 Å². The molecule has 5 aromatic rings. The Kier molecular flexibility index (Phi) is 3.55. The highest BCUT2D eigenvalue weighted by atomic mass is 16.5. The van der Waals surface area contributed by atoms with E-state index >= 15 is 0 Å². The first-order chi connectivity index (χ1) is 13.6. The van der Waals surface area contributed by atoms with E-state index in [9.17, 15) is 4.79 Å². The van der Waals surface area contributed by atoms with Crippen LogP contribution in [-0.2, 0) is 7.05 Å². The maximum Gasteiger partial charge on any atom is 0.259 e. The molecule has 7 nitrogen and oxygen atoms in total. The van der Waals surface area contributed by atoms with E-state index in [1.165, 1.54) is 0 Å². The summed E-state index contributed by atoms with van der Waals surface area (Å²) >= 11 is 0. The number of fused-ring (bicyclic) bond motifs is 2. The Labute approximate surface area is 159 Å². The summed E-state index contributed by atoms with van der Waals surface area (Å²) < 4.78 is 12.8. The SMILES string of the molecule is Cc1noc2nc(-c3ccco3)cc(C(=O)Nc3cccc4c3ccn4C)c12. The van der Waals surface area contributed by atoms with Crippen LogP contribution in [0.15, 0.2) is 63.9 Å². The number of furan rings is 1. The van der Waals surface area contributed by atoms with Crippen LogP contribution < -0.4 is 5.32 Å². The number of hydrogen-bond donors (Lipinski definition) is 1. The fraction of sp³-hybridized carbons (Fsp3) is 0.0952. The van der Waals surface area contributed by atoms with Gasteiger partial charge in [0.1, 0.15) is 5.69 Å². The number of amides is 1. The number of aryl methyl sites for hydroxylation is 2. The van der Waals surface area contributed by atoms with Gasteiger partial charge in [-0.25, -0.2) is 4.98 Å². The fourth-order valence-corrected chi connectivity index (χ4v) is 3.43. The largest absolute Gasteiger partial charge is 0.463 e. The molecular weight excluding hydrogens is 356 g/mol. The van der Waals surface area contributed by atoms with Crippen molar-refractivity contribution in [3.8, 4) is 11.5 Å². The quantitative estimate of drug-likeness (QED) is 0.503. The highest BCUT2D eigenvalue weighted by Crippen LogP contribution is 2.29. The fourth-order valence-electron chi connectivity index (χ4n) is 3.43. The first-order valence-corrected chi connectivity index (χ1v) is 8.78. The third-order valence-electron chi connectivity index (χ3n) is 4.81. The van der Waals surface area contributed by atoms with Crippen LogP contribution in [0.2, 0.25) is 0 Å². The van der Waals surface area contributed by atoms with Gasteiger partial charge in [0.2, 0.25) is 0 Å². The molecule has 1 amide bonds. The number of anilines is 1. The van der Waals surface area contributed by atoms with Crippen molar-refractivity contribution in [1.29, 1.82) is 0 Å². The number of pyridine rings is 1. The molecule has 0 aliphatic rings. The lowest BCUT2D eigenvalue weighted by Gasteiger charge is -2.09. The van der Waals surface area contributed by atoms with Crippen LogP contribution in [0.25, 0.3) is 33.5 Å². The number of nitrogens with zero attached hydrogens (tertiary/aromatic N) is 3. The van der Waals surface area contributed by atoms with Gasteiger partial charge in [0.05, 0.1) is 28.6 Å². The van der Waals surface area contributed by atoms with Crippen LogP contribution in [0.1, 0.15) is 16.1 Å². The van der Waals surface area contributed by atoms with Crippen LogP contribution in [0.4, 0.5) is 5.69 Å². The van der Waals surface area contributed by atoms with Crippen LogP contribution in [0.3, 0.4) is 0 Å². The minimum atomic E-state index is -0.261. The summed E-state index contributed by atoms with van der Waals surface area (Å²) in [5.41, 5.74) is 3.63. The molecule has 0 saturated heterocycles. The Hall–Kier alpha value is -3.87. The van der Waals surface area contributed by atoms with E-state index in [0.717, 1.165) is 16.6 Å². The molecule has 0 fully saturated rings. The highest BCUT2D eigenvalue weighted by molar-refractivity contribution is 6.15. The van der Waals surface area contributed by atoms with E-state index < -0.39 is 0 Å². The Morgan fingerprint density at radius 3 is 2.89 bits per heavy atom. The number of carbonyl (C=O) groups is 1. The summed E-state index contributed by atoms with van der Waals surface area (Å²) in [6.07, 6.45) is 3.52. The van der Waals surface area contributed by atoms with E-state index in [-0.39, 0.29) is 5.91 Å². The summed E-state index contributed by atoms with van der Waals surface area (Å²) in [4.78, 5) is 17.6. The maximum atomic E-state index is 13.2. The average Bonchev–Trinajstić information content (AvgIpc) is 3.43. The van der Waals surface area contributed by atoms with Gasteiger partial charge in [-0.05, 0) is 43.3 Å². The molecule has 0 aliphatic heterocycles. The van der Waals surface area contributed by atoms with Gasteiger partial charge in [0.25, 0.3) is 11.6 Å². The molecule has 1 N–H and O–H groups in total. The Balaban J connectivity index is 1.63. The van der Waals surface area contributed by atoms with Gasteiger partial charge in [-0.15, -0.1) is 0 Å². The number of nitrogens with one attached hydrogen (secondary N) is 1. The molecule has 1 aromatic carbocycles. The summed E-state index contributed by atoms with van der Waals surface area (Å²) in [5, 5.41) is 8.55. The summed E-state index contributed by atoms with van der Waals surface area (Å²) in [6.45, 7) is 1.79. The average molecular weight is 372 g/mol. The zero-order chi connectivity index (χ0) is 19.3. The smallest absolute Gasteiger partial charge is 0.259 e. The van der Waals surface area contributed by atoms with Crippen molar-refractivity contribution in [2.75, 3.05) is 5.32 Å². The minimum absolute atomic E-state index is 0.261. The Morgan fingerprint density at radius 2 is 2.07 bits per heavy atom. The Bertz CT molecular complexity index is 1330. The molecule has 138 valence electrons. The van der Waals surface area contributed by atoms with Crippen molar-refractivity contribution < 1.29 is 13.7 Å². The standard InChI is InChI=1S/C21H16N4O3/c1-12-19-14(11-16(18-7-4-10-27-18)23-21(19)28-24-12)20(26)22-15-5-3-6-17-13(15)8-9-25(17)2/h3-11H,1-2H3,(H,22,26). The summed E-state index contributed by atoms with van der Waals surface area (Å²) in [6, 6.07) is 13.0. The van der Waals surface area contributed by atoms with Crippen LogP contribution >= 0.6 is 0 Å². The summed E-state index contributed by atoms with van der Waals surface area (Å²) in [5.74, 6) is 0.290. The van der Waals surface area contributed by atoms with Crippen LogP contribution in [0.5, 0.6) is 0 Å². The third kappa shape index (κ3) is 2.48. The van der Waals surface area contributed by atoms with E-state index in [0.29, 0.717) is 33.8 Å². The maximum absolute atomic E-state index is 13.2. The lowest BCUT2D eigenvalue weighted by molar-refractivity contribution is 0.102. The van der Waals surface area contributed by atoms with Crippen LogP contribution in [-0.4, -0.2) is 20.6 Å². The van der Waals surface area contributed by atoms with E-state index in [4.69, 9.17) is 8.94 Å². The van der Waals surface area contributed by atoms with Gasteiger partial charge < -0.3 is 18.8 Å². The Morgan fingerprint density at radius 1 is 1.18 bits per heavy atom. The molecule has 0 bridgehead atoms. The number of rotatable bonds is 3. The highest BCUT2D eigenvalue weighted by Gasteiger charge is 2.21. The normalized spacial score (nSPS) is 11.4. The lowest BCUT2D eigenvalue weighted by atomic mass is 10.1. The molecule has 0 unspecified atom stereocenters. The number of aromatic nitrogens is 3. The predicted molar refractivity (Wildman–Crippen MR) is 105 cm³/mol. The second-order valence-electron chi connectivity index (χ2n) is 6.60. The second-order valence-corrected chi connectivity index (χ2v) is 6.60. The third-order valence-corrected chi connectivity index (χ3v) is 4.81. The first kappa shape index (κ1) is 16.3. The van der Waals surface area contributed by atoms with E-state index in [1.807, 2.05) is 42.1 Å². The molecule has 7 heteroatoms. The first-order valence-electron chi connectivity index (χ1n) is 8.78. The van der Waals surface area contributed by atoms with Gasteiger partial charge >= 0.3 is 0 Å². The predicted octanol–water partition coefficient (Wildman–Crippen LogP) is 4.54. The summed E-state index contributed by atoms with van der Waals surface area (Å²) in [7, 11) is 1.97. The van der Waals surface area contributed by atoms with E-state index in [2.05, 4.69) is 15.5 Å². The monoisotopic (exact) mass is 372 g/mol. The molecule has 0 saturated carbocycles.